The fraction of sp³-hybridized carbons (Fsp3) is 0.391. The van der Waals surface area contributed by atoms with Crippen LogP contribution in [0.25, 0.3) is 11.1 Å². The van der Waals surface area contributed by atoms with E-state index in [1.54, 1.807) is 0 Å². The lowest BCUT2D eigenvalue weighted by Crippen LogP contribution is -2.45. The van der Waals surface area contributed by atoms with Crippen LogP contribution >= 0.6 is 0 Å². The van der Waals surface area contributed by atoms with Gasteiger partial charge >= 0.3 is 6.18 Å². The number of nitrogens with one attached hydrogen (secondary N) is 1. The number of primary sulfonamides is 1. The fourth-order valence-electron chi connectivity index (χ4n) is 3.40. The van der Waals surface area contributed by atoms with E-state index in [-0.39, 0.29) is 35.6 Å². The number of benzene rings is 2. The minimum atomic E-state index is -4.65. The van der Waals surface area contributed by atoms with Gasteiger partial charge in [-0.2, -0.15) is 18.4 Å². The maximum atomic E-state index is 13.9. The number of alkyl halides is 3. The molecule has 0 heterocycles. The molecule has 0 saturated heterocycles. The summed E-state index contributed by atoms with van der Waals surface area (Å²) in [6.45, 7) is 3.62. The topological polar surface area (TPSA) is 113 Å². The Bertz CT molecular complexity index is 1090. The molecule has 0 aliphatic heterocycles. The first-order valence-electron chi connectivity index (χ1n) is 10.3. The van der Waals surface area contributed by atoms with Crippen LogP contribution in [-0.2, 0) is 14.8 Å². The van der Waals surface area contributed by atoms with Crippen LogP contribution in [-0.4, -0.2) is 26.4 Å². The van der Waals surface area contributed by atoms with E-state index < -0.39 is 34.1 Å². The van der Waals surface area contributed by atoms with E-state index in [0.717, 1.165) is 0 Å². The summed E-state index contributed by atoms with van der Waals surface area (Å²) in [4.78, 5) is 12.4. The average Bonchev–Trinajstić information content (AvgIpc) is 2.73. The zero-order chi connectivity index (χ0) is 24.8. The average molecular weight is 482 g/mol. The molecule has 0 saturated carbocycles. The number of hydrogen-bond acceptors (Lipinski definition) is 5. The van der Waals surface area contributed by atoms with Crippen molar-refractivity contribution in [3.05, 3.63) is 54.1 Å². The smallest absolute Gasteiger partial charge is 0.298 e. The largest absolute Gasteiger partial charge is 0.407 e. The number of rotatable bonds is 10. The predicted molar refractivity (Wildman–Crippen MR) is 118 cm³/mol. The number of carbonyl (C=O) groups is 1. The van der Waals surface area contributed by atoms with Crippen LogP contribution in [0.15, 0.2) is 53.4 Å². The summed E-state index contributed by atoms with van der Waals surface area (Å²) >= 11 is 0. The van der Waals surface area contributed by atoms with E-state index in [1.807, 2.05) is 19.9 Å². The Labute approximate surface area is 191 Å². The lowest BCUT2D eigenvalue weighted by atomic mass is 9.95. The molecule has 33 heavy (non-hydrogen) atoms. The Morgan fingerprint density at radius 1 is 1.06 bits per heavy atom. The molecule has 3 N–H and O–H groups in total. The lowest BCUT2D eigenvalue weighted by molar-refractivity contribution is -0.161. The fourth-order valence-corrected chi connectivity index (χ4v) is 3.92. The van der Waals surface area contributed by atoms with Crippen molar-refractivity contribution in [3.63, 3.8) is 0 Å². The van der Waals surface area contributed by atoms with Gasteiger partial charge in [0.15, 0.2) is 5.78 Å². The molecule has 0 radical (unpaired) electrons. The molecule has 2 rings (SSSR count). The number of sulfonamides is 1. The summed E-state index contributed by atoms with van der Waals surface area (Å²) in [5.41, 5.74) is 1.13. The zero-order valence-electron chi connectivity index (χ0n) is 18.3. The molecule has 2 aromatic rings. The van der Waals surface area contributed by atoms with E-state index in [9.17, 15) is 26.4 Å². The number of ketones is 1. The Kier molecular flexibility index (Phi) is 8.77. The van der Waals surface area contributed by atoms with Crippen molar-refractivity contribution < 1.29 is 26.4 Å². The van der Waals surface area contributed by atoms with Crippen LogP contribution in [0.1, 0.15) is 44.7 Å². The molecular weight excluding hydrogens is 455 g/mol. The Morgan fingerprint density at radius 3 is 2.00 bits per heavy atom. The number of nitriles is 1. The van der Waals surface area contributed by atoms with Crippen molar-refractivity contribution >= 4 is 15.8 Å². The number of nitrogens with two attached hydrogens (primary N) is 1. The number of carbonyl (C=O) groups excluding carboxylic acids is 1. The van der Waals surface area contributed by atoms with Crippen LogP contribution in [0.2, 0.25) is 0 Å². The van der Waals surface area contributed by atoms with E-state index in [2.05, 4.69) is 5.32 Å². The quantitative estimate of drug-likeness (QED) is 0.519. The first kappa shape index (κ1) is 26.5. The molecule has 0 bridgehead atoms. The van der Waals surface area contributed by atoms with E-state index in [4.69, 9.17) is 10.4 Å². The summed E-state index contributed by atoms with van der Waals surface area (Å²) < 4.78 is 64.5. The van der Waals surface area contributed by atoms with Crippen LogP contribution in [0.5, 0.6) is 0 Å². The minimum absolute atomic E-state index is 0.0231. The molecule has 0 aromatic heterocycles. The van der Waals surface area contributed by atoms with Crippen LogP contribution in [0.3, 0.4) is 0 Å². The number of nitrogens with zero attached hydrogens (tertiary/aromatic N) is 1. The molecular formula is C23H26F3N3O3S. The molecule has 0 fully saturated rings. The molecule has 0 aliphatic rings. The minimum Gasteiger partial charge on any atom is -0.298 e. The van der Waals surface area contributed by atoms with Crippen LogP contribution < -0.4 is 10.5 Å². The van der Waals surface area contributed by atoms with Gasteiger partial charge in [0.2, 0.25) is 10.0 Å². The highest BCUT2D eigenvalue weighted by Gasteiger charge is 2.42. The van der Waals surface area contributed by atoms with Gasteiger partial charge in [-0.15, -0.1) is 0 Å². The normalized spacial score (nSPS) is 14.0. The molecule has 6 nitrogen and oxygen atoms in total. The van der Waals surface area contributed by atoms with Crippen molar-refractivity contribution in [1.29, 1.82) is 5.26 Å². The zero-order valence-corrected chi connectivity index (χ0v) is 19.1. The first-order valence-corrected chi connectivity index (χ1v) is 11.8. The summed E-state index contributed by atoms with van der Waals surface area (Å²) in [7, 11) is -3.85. The number of hydrogen-bond donors (Lipinski definition) is 2. The Morgan fingerprint density at radius 2 is 1.58 bits per heavy atom. The van der Waals surface area contributed by atoms with Crippen molar-refractivity contribution in [2.45, 2.75) is 56.3 Å². The summed E-state index contributed by atoms with van der Waals surface area (Å²) in [5, 5.41) is 16.2. The Balaban J connectivity index is 2.31. The van der Waals surface area contributed by atoms with Crippen molar-refractivity contribution in [2.75, 3.05) is 0 Å². The molecule has 0 aliphatic carbocycles. The summed E-state index contributed by atoms with van der Waals surface area (Å²) in [6.07, 6.45) is -4.60. The first-order chi connectivity index (χ1) is 15.3. The molecule has 0 spiro atoms. The second-order valence-electron chi connectivity index (χ2n) is 8.14. The Hall–Kier alpha value is -2.74. The maximum Gasteiger partial charge on any atom is 0.407 e. The van der Waals surface area contributed by atoms with Crippen molar-refractivity contribution in [3.8, 4) is 17.2 Å². The molecule has 0 unspecified atom stereocenters. The second kappa shape index (κ2) is 10.9. The monoisotopic (exact) mass is 481 g/mol. The van der Waals surface area contributed by atoms with Gasteiger partial charge in [0.05, 0.1) is 17.0 Å². The highest BCUT2D eigenvalue weighted by Crippen LogP contribution is 2.35. The SMILES string of the molecule is CC(C)C[C@H](N[C@@H](c1ccc(-c2ccc(S(N)(=O)=O)cc2)cc1)C(F)(F)F)C(=O)CCC#N. The van der Waals surface area contributed by atoms with E-state index in [1.165, 1.54) is 48.5 Å². The van der Waals surface area contributed by atoms with Gasteiger partial charge in [0.1, 0.15) is 6.04 Å². The van der Waals surface area contributed by atoms with E-state index >= 15 is 0 Å². The third-order valence-corrected chi connectivity index (χ3v) is 5.96. The van der Waals surface area contributed by atoms with Crippen molar-refractivity contribution in [2.24, 2.45) is 11.1 Å². The van der Waals surface area contributed by atoms with Crippen molar-refractivity contribution in [1.82, 2.24) is 5.32 Å². The van der Waals surface area contributed by atoms with Gasteiger partial charge < -0.3 is 0 Å². The highest BCUT2D eigenvalue weighted by molar-refractivity contribution is 7.89. The summed E-state index contributed by atoms with van der Waals surface area (Å²) in [6, 6.07) is 10.1. The van der Waals surface area contributed by atoms with Gasteiger partial charge in [0, 0.05) is 12.8 Å². The number of Topliss-reactive ketones (excluding diaryl/α,β-unsaturated/α-hetero) is 1. The maximum absolute atomic E-state index is 13.9. The van der Waals surface area contributed by atoms with E-state index in [0.29, 0.717) is 11.1 Å². The van der Waals surface area contributed by atoms with Gasteiger partial charge in [-0.05, 0) is 41.2 Å². The number of halogens is 3. The third kappa shape index (κ3) is 7.67. The van der Waals surface area contributed by atoms with Gasteiger partial charge in [-0.1, -0.05) is 50.2 Å². The lowest BCUT2D eigenvalue weighted by Gasteiger charge is -2.28. The summed E-state index contributed by atoms with van der Waals surface area (Å²) in [5.74, 6) is -0.448. The standard InChI is InChI=1S/C23H26F3N3O3S/c1-15(2)14-20(21(30)4-3-13-27)29-22(23(24,25)26)18-7-5-16(6-8-18)17-9-11-19(12-10-17)33(28,31)32/h5-12,15,20,22,29H,3-4,14H2,1-2H3,(H2,28,31,32)/t20-,22-/m0/s1. The van der Waals surface area contributed by atoms with Crippen LogP contribution in [0.4, 0.5) is 13.2 Å². The molecule has 0 amide bonds. The molecule has 178 valence electrons. The molecule has 2 atom stereocenters. The third-order valence-electron chi connectivity index (χ3n) is 5.03. The second-order valence-corrected chi connectivity index (χ2v) is 9.70. The van der Waals surface area contributed by atoms with Gasteiger partial charge in [-0.3, -0.25) is 10.1 Å². The van der Waals surface area contributed by atoms with Gasteiger partial charge in [0.25, 0.3) is 0 Å². The van der Waals surface area contributed by atoms with Crippen LogP contribution in [0, 0.1) is 17.2 Å². The molecule has 10 heteroatoms. The predicted octanol–water partition coefficient (Wildman–Crippen LogP) is 4.48. The highest BCUT2D eigenvalue weighted by atomic mass is 32.2. The van der Waals surface area contributed by atoms with Gasteiger partial charge in [-0.25, -0.2) is 13.6 Å². The molecule has 2 aromatic carbocycles.